The average Bonchev–Trinajstić information content (AvgIpc) is 2.83. The molecule has 0 saturated carbocycles. The lowest BCUT2D eigenvalue weighted by atomic mass is 9.96. The number of rotatable bonds is 6. The maximum absolute atomic E-state index is 12.9. The largest absolute Gasteiger partial charge is 0.484 e. The SMILES string of the molecule is CC1CCc2ccccc2N1C(=O)COc1ccc(N(C)S(=O)(=O)c2ccccc2)cc1. The Balaban J connectivity index is 1.43. The monoisotopic (exact) mass is 450 g/mol. The predicted octanol–water partition coefficient (Wildman–Crippen LogP) is 4.26. The number of anilines is 2. The van der Waals surface area contributed by atoms with E-state index in [0.717, 1.165) is 18.5 Å². The molecule has 0 fully saturated rings. The number of ether oxygens (including phenoxy) is 1. The maximum atomic E-state index is 12.9. The van der Waals surface area contributed by atoms with E-state index in [4.69, 9.17) is 4.74 Å². The van der Waals surface area contributed by atoms with Gasteiger partial charge in [-0.25, -0.2) is 8.42 Å². The Morgan fingerprint density at radius 1 is 1.00 bits per heavy atom. The van der Waals surface area contributed by atoms with Crippen molar-refractivity contribution >= 4 is 27.3 Å². The summed E-state index contributed by atoms with van der Waals surface area (Å²) in [7, 11) is -2.14. The van der Waals surface area contributed by atoms with E-state index in [9.17, 15) is 13.2 Å². The van der Waals surface area contributed by atoms with Gasteiger partial charge in [-0.3, -0.25) is 9.10 Å². The first-order chi connectivity index (χ1) is 15.4. The van der Waals surface area contributed by atoms with Crippen LogP contribution in [0.3, 0.4) is 0 Å². The molecule has 3 aromatic rings. The van der Waals surface area contributed by atoms with Gasteiger partial charge in [0.25, 0.3) is 15.9 Å². The molecule has 3 aromatic carbocycles. The maximum Gasteiger partial charge on any atom is 0.265 e. The molecular weight excluding hydrogens is 424 g/mol. The zero-order valence-electron chi connectivity index (χ0n) is 18.1. The van der Waals surface area contributed by atoms with Crippen LogP contribution in [0.1, 0.15) is 18.9 Å². The third-order valence-electron chi connectivity index (χ3n) is 5.76. The van der Waals surface area contributed by atoms with Crippen LogP contribution in [0.15, 0.2) is 83.8 Å². The average molecular weight is 451 g/mol. The summed E-state index contributed by atoms with van der Waals surface area (Å²) in [4.78, 5) is 15.0. The van der Waals surface area contributed by atoms with Crippen molar-refractivity contribution in [2.75, 3.05) is 22.9 Å². The summed E-state index contributed by atoms with van der Waals surface area (Å²) in [5, 5.41) is 0. The Morgan fingerprint density at radius 2 is 1.66 bits per heavy atom. The van der Waals surface area contributed by atoms with Crippen LogP contribution in [0.25, 0.3) is 0 Å². The lowest BCUT2D eigenvalue weighted by molar-refractivity contribution is -0.121. The number of hydrogen-bond donors (Lipinski definition) is 0. The minimum Gasteiger partial charge on any atom is -0.484 e. The number of aryl methyl sites for hydroxylation is 1. The third-order valence-corrected chi connectivity index (χ3v) is 7.56. The van der Waals surface area contributed by atoms with Crippen LogP contribution in [-0.4, -0.2) is 34.0 Å². The molecule has 1 amide bonds. The first-order valence-corrected chi connectivity index (χ1v) is 12.0. The van der Waals surface area contributed by atoms with E-state index >= 15 is 0 Å². The van der Waals surface area contributed by atoms with Crippen molar-refractivity contribution in [2.45, 2.75) is 30.7 Å². The van der Waals surface area contributed by atoms with Gasteiger partial charge in [0.2, 0.25) is 0 Å². The fourth-order valence-corrected chi connectivity index (χ4v) is 5.14. The van der Waals surface area contributed by atoms with E-state index in [1.807, 2.05) is 30.0 Å². The molecule has 0 aliphatic carbocycles. The number of nitrogens with zero attached hydrogens (tertiary/aromatic N) is 2. The molecule has 0 radical (unpaired) electrons. The highest BCUT2D eigenvalue weighted by molar-refractivity contribution is 7.92. The van der Waals surface area contributed by atoms with Crippen molar-refractivity contribution < 1.29 is 17.9 Å². The highest BCUT2D eigenvalue weighted by Crippen LogP contribution is 2.31. The topological polar surface area (TPSA) is 66.9 Å². The van der Waals surface area contributed by atoms with Crippen LogP contribution in [0.5, 0.6) is 5.75 Å². The van der Waals surface area contributed by atoms with Crippen LogP contribution in [0.2, 0.25) is 0 Å². The summed E-state index contributed by atoms with van der Waals surface area (Å²) < 4.78 is 32.5. The molecule has 0 N–H and O–H groups in total. The van der Waals surface area contributed by atoms with Gasteiger partial charge in [-0.2, -0.15) is 0 Å². The van der Waals surface area contributed by atoms with Crippen LogP contribution < -0.4 is 13.9 Å². The first-order valence-electron chi connectivity index (χ1n) is 10.5. The molecule has 1 aliphatic rings. The number of carbonyl (C=O) groups is 1. The van der Waals surface area contributed by atoms with Gasteiger partial charge >= 0.3 is 0 Å². The van der Waals surface area contributed by atoms with Gasteiger partial charge in [-0.15, -0.1) is 0 Å². The van der Waals surface area contributed by atoms with E-state index in [2.05, 4.69) is 6.07 Å². The molecule has 166 valence electrons. The Morgan fingerprint density at radius 3 is 2.38 bits per heavy atom. The molecule has 6 nitrogen and oxygen atoms in total. The zero-order chi connectivity index (χ0) is 22.7. The number of benzene rings is 3. The number of fused-ring (bicyclic) bond motifs is 1. The van der Waals surface area contributed by atoms with E-state index in [1.165, 1.54) is 16.9 Å². The summed E-state index contributed by atoms with van der Waals surface area (Å²) in [5.74, 6) is 0.406. The molecule has 0 saturated heterocycles. The Labute approximate surface area is 189 Å². The van der Waals surface area contributed by atoms with Crippen molar-refractivity contribution in [3.05, 3.63) is 84.4 Å². The highest BCUT2D eigenvalue weighted by atomic mass is 32.2. The minimum absolute atomic E-state index is 0.0871. The van der Waals surface area contributed by atoms with Gasteiger partial charge in [0.05, 0.1) is 10.6 Å². The van der Waals surface area contributed by atoms with Crippen molar-refractivity contribution in [1.82, 2.24) is 0 Å². The zero-order valence-corrected chi connectivity index (χ0v) is 19.0. The van der Waals surface area contributed by atoms with Gasteiger partial charge < -0.3 is 9.64 Å². The number of carbonyl (C=O) groups excluding carboxylic acids is 1. The van der Waals surface area contributed by atoms with Crippen LogP contribution in [0, 0.1) is 0 Å². The summed E-state index contributed by atoms with van der Waals surface area (Å²) in [5.41, 5.74) is 2.63. The number of hydrogen-bond acceptors (Lipinski definition) is 4. The third kappa shape index (κ3) is 4.34. The van der Waals surface area contributed by atoms with Gasteiger partial charge in [0, 0.05) is 18.8 Å². The Hall–Kier alpha value is -3.32. The molecule has 32 heavy (non-hydrogen) atoms. The fourth-order valence-electron chi connectivity index (χ4n) is 3.92. The second-order valence-corrected chi connectivity index (χ2v) is 9.82. The van der Waals surface area contributed by atoms with Gasteiger partial charge in [-0.1, -0.05) is 36.4 Å². The van der Waals surface area contributed by atoms with Crippen molar-refractivity contribution in [1.29, 1.82) is 0 Å². The second kappa shape index (κ2) is 9.04. The molecule has 1 unspecified atom stereocenters. The standard InChI is InChI=1S/C25H26N2O4S/c1-19-12-13-20-8-6-7-11-24(20)27(19)25(28)18-31-22-16-14-21(15-17-22)26(2)32(29,30)23-9-4-3-5-10-23/h3-11,14-17,19H,12-13,18H2,1-2H3. The Kier molecular flexibility index (Phi) is 6.19. The number of para-hydroxylation sites is 1. The second-order valence-electron chi connectivity index (χ2n) is 7.85. The fraction of sp³-hybridized carbons (Fsp3) is 0.240. The smallest absolute Gasteiger partial charge is 0.265 e. The summed E-state index contributed by atoms with van der Waals surface area (Å²) in [6.45, 7) is 1.96. The summed E-state index contributed by atoms with van der Waals surface area (Å²) in [6, 6.07) is 23.0. The van der Waals surface area contributed by atoms with Crippen LogP contribution >= 0.6 is 0 Å². The summed E-state index contributed by atoms with van der Waals surface area (Å²) >= 11 is 0. The number of sulfonamides is 1. The quantitative estimate of drug-likeness (QED) is 0.563. The van der Waals surface area contributed by atoms with E-state index in [-0.39, 0.29) is 23.5 Å². The van der Waals surface area contributed by atoms with Crippen molar-refractivity contribution in [2.24, 2.45) is 0 Å². The predicted molar refractivity (Wildman–Crippen MR) is 126 cm³/mol. The van der Waals surface area contributed by atoms with Gasteiger partial charge in [0.1, 0.15) is 5.75 Å². The van der Waals surface area contributed by atoms with Gasteiger partial charge in [-0.05, 0) is 67.8 Å². The molecule has 4 rings (SSSR count). The lowest BCUT2D eigenvalue weighted by Crippen LogP contribution is -2.44. The minimum atomic E-state index is -3.65. The van der Waals surface area contributed by atoms with Crippen LogP contribution in [-0.2, 0) is 21.2 Å². The molecule has 0 aromatic heterocycles. The molecule has 0 bridgehead atoms. The lowest BCUT2D eigenvalue weighted by Gasteiger charge is -2.35. The number of amides is 1. The first kappa shape index (κ1) is 21.9. The van der Waals surface area contributed by atoms with Crippen molar-refractivity contribution in [3.63, 3.8) is 0 Å². The molecule has 1 heterocycles. The summed E-state index contributed by atoms with van der Waals surface area (Å²) in [6.07, 6.45) is 1.88. The Bertz CT molecular complexity index is 1190. The molecule has 0 spiro atoms. The molecule has 1 aliphatic heterocycles. The van der Waals surface area contributed by atoms with Gasteiger partial charge in [0.15, 0.2) is 6.61 Å². The molecular formula is C25H26N2O4S. The molecule has 1 atom stereocenters. The van der Waals surface area contributed by atoms with E-state index in [1.54, 1.807) is 54.6 Å². The van der Waals surface area contributed by atoms with Crippen molar-refractivity contribution in [3.8, 4) is 5.75 Å². The molecule has 7 heteroatoms. The van der Waals surface area contributed by atoms with E-state index in [0.29, 0.717) is 11.4 Å². The van der Waals surface area contributed by atoms with Crippen LogP contribution in [0.4, 0.5) is 11.4 Å². The van der Waals surface area contributed by atoms with E-state index < -0.39 is 10.0 Å². The normalized spacial score (nSPS) is 15.7. The highest BCUT2D eigenvalue weighted by Gasteiger charge is 2.28.